The summed E-state index contributed by atoms with van der Waals surface area (Å²) >= 11 is 0. The maximum Gasteiger partial charge on any atom is 0.410 e. The SMILES string of the molecule is Cc1ccc(S(=O)(=O)n2cc(C3CC3)c3c(N4CCN(C(=O)OC(C)(C)C)C[C@@H]4C)ncnc32)cc1. The highest BCUT2D eigenvalue weighted by Crippen LogP contribution is 2.46. The minimum absolute atomic E-state index is 0.0338. The number of anilines is 1. The minimum atomic E-state index is -3.83. The van der Waals surface area contributed by atoms with E-state index in [0.29, 0.717) is 31.2 Å². The summed E-state index contributed by atoms with van der Waals surface area (Å²) in [5, 5.41) is 0.785. The van der Waals surface area contributed by atoms with Gasteiger partial charge in [-0.25, -0.2) is 27.2 Å². The fraction of sp³-hybridized carbons (Fsp3) is 0.500. The number of benzene rings is 1. The standard InChI is InChI=1S/C26H33N5O4S/c1-17-6-10-20(11-7-17)36(33,34)31-15-21(19-8-9-19)22-23(27-16-28-24(22)31)30-13-12-29(14-18(30)2)25(32)35-26(3,4)5/h6-7,10-11,15-16,18-19H,8-9,12-14H2,1-5H3/t18-/m0/s1. The number of aromatic nitrogens is 3. The zero-order valence-electron chi connectivity index (χ0n) is 21.4. The highest BCUT2D eigenvalue weighted by Gasteiger charge is 2.36. The number of carbonyl (C=O) groups is 1. The van der Waals surface area contributed by atoms with Gasteiger partial charge in [-0.1, -0.05) is 17.7 Å². The van der Waals surface area contributed by atoms with Crippen LogP contribution in [-0.2, 0) is 14.8 Å². The van der Waals surface area contributed by atoms with Gasteiger partial charge < -0.3 is 14.5 Å². The van der Waals surface area contributed by atoms with Crippen LogP contribution in [0, 0.1) is 6.92 Å². The van der Waals surface area contributed by atoms with Crippen molar-refractivity contribution in [3.63, 3.8) is 0 Å². The molecule has 0 bridgehead atoms. The lowest BCUT2D eigenvalue weighted by Crippen LogP contribution is -2.54. The Morgan fingerprint density at radius 1 is 1.08 bits per heavy atom. The molecule has 2 aliphatic rings. The Labute approximate surface area is 212 Å². The van der Waals surface area contributed by atoms with E-state index in [1.165, 1.54) is 10.3 Å². The molecule has 36 heavy (non-hydrogen) atoms. The number of fused-ring (bicyclic) bond motifs is 1. The van der Waals surface area contributed by atoms with Crippen molar-refractivity contribution in [2.24, 2.45) is 0 Å². The lowest BCUT2D eigenvalue weighted by molar-refractivity contribution is 0.0218. The van der Waals surface area contributed by atoms with Gasteiger partial charge in [0.25, 0.3) is 10.0 Å². The van der Waals surface area contributed by atoms with Gasteiger partial charge in [-0.2, -0.15) is 0 Å². The van der Waals surface area contributed by atoms with E-state index in [2.05, 4.69) is 14.9 Å². The molecule has 1 aliphatic heterocycles. The van der Waals surface area contributed by atoms with Gasteiger partial charge >= 0.3 is 6.09 Å². The number of piperazine rings is 1. The van der Waals surface area contributed by atoms with Gasteiger partial charge in [0.05, 0.1) is 10.3 Å². The van der Waals surface area contributed by atoms with Gasteiger partial charge in [-0.15, -0.1) is 0 Å². The fourth-order valence-corrected chi connectivity index (χ4v) is 6.06. The first kappa shape index (κ1) is 24.5. The molecule has 1 amide bonds. The molecule has 192 valence electrons. The summed E-state index contributed by atoms with van der Waals surface area (Å²) in [4.78, 5) is 25.8. The lowest BCUT2D eigenvalue weighted by Gasteiger charge is -2.41. The van der Waals surface area contributed by atoms with Crippen molar-refractivity contribution in [3.8, 4) is 0 Å². The first-order chi connectivity index (χ1) is 17.0. The van der Waals surface area contributed by atoms with Crippen LogP contribution in [0.5, 0.6) is 0 Å². The largest absolute Gasteiger partial charge is 0.444 e. The molecule has 1 aromatic carbocycles. The molecule has 2 aromatic heterocycles. The Kier molecular flexibility index (Phi) is 5.97. The lowest BCUT2D eigenvalue weighted by atomic mass is 10.1. The van der Waals surface area contributed by atoms with E-state index >= 15 is 0 Å². The molecular weight excluding hydrogens is 478 g/mol. The van der Waals surface area contributed by atoms with Crippen LogP contribution in [0.2, 0.25) is 0 Å². The average molecular weight is 512 g/mol. The van der Waals surface area contributed by atoms with Gasteiger partial charge in [0.15, 0.2) is 5.65 Å². The van der Waals surface area contributed by atoms with E-state index in [1.807, 2.05) is 34.6 Å². The van der Waals surface area contributed by atoms with Crippen LogP contribution < -0.4 is 4.90 Å². The monoisotopic (exact) mass is 511 g/mol. The van der Waals surface area contributed by atoms with Crippen LogP contribution in [0.15, 0.2) is 41.7 Å². The Morgan fingerprint density at radius 2 is 1.78 bits per heavy atom. The van der Waals surface area contributed by atoms with Crippen LogP contribution in [0.4, 0.5) is 10.6 Å². The summed E-state index contributed by atoms with van der Waals surface area (Å²) in [5.41, 5.74) is 1.80. The van der Waals surface area contributed by atoms with Gasteiger partial charge in [0, 0.05) is 31.9 Å². The summed E-state index contributed by atoms with van der Waals surface area (Å²) in [5.74, 6) is 1.01. The van der Waals surface area contributed by atoms with E-state index in [0.717, 1.165) is 35.2 Å². The molecule has 0 radical (unpaired) electrons. The van der Waals surface area contributed by atoms with Crippen LogP contribution in [0.1, 0.15) is 57.6 Å². The second kappa shape index (κ2) is 8.76. The second-order valence-electron chi connectivity index (χ2n) is 10.8. The van der Waals surface area contributed by atoms with Gasteiger partial charge in [-0.3, -0.25) is 0 Å². The minimum Gasteiger partial charge on any atom is -0.444 e. The van der Waals surface area contributed by atoms with Crippen LogP contribution >= 0.6 is 0 Å². The summed E-state index contributed by atoms with van der Waals surface area (Å²) in [6.07, 6.45) is 4.87. The van der Waals surface area contributed by atoms with E-state index in [9.17, 15) is 13.2 Å². The highest BCUT2D eigenvalue weighted by molar-refractivity contribution is 7.90. The van der Waals surface area contributed by atoms with Gasteiger partial charge in [-0.05, 0) is 71.1 Å². The molecular formula is C26H33N5O4S. The zero-order valence-corrected chi connectivity index (χ0v) is 22.2. The van der Waals surface area contributed by atoms with Crippen molar-refractivity contribution in [1.29, 1.82) is 0 Å². The molecule has 2 fully saturated rings. The summed E-state index contributed by atoms with van der Waals surface area (Å²) < 4.78 is 34.1. The number of carbonyl (C=O) groups excluding carboxylic acids is 1. The Morgan fingerprint density at radius 3 is 2.39 bits per heavy atom. The first-order valence-electron chi connectivity index (χ1n) is 12.4. The molecule has 0 N–H and O–H groups in total. The number of hydrogen-bond acceptors (Lipinski definition) is 7. The van der Waals surface area contributed by atoms with Crippen LogP contribution in [0.25, 0.3) is 11.0 Å². The van der Waals surface area contributed by atoms with E-state index < -0.39 is 15.6 Å². The third kappa shape index (κ3) is 4.54. The average Bonchev–Trinajstić information content (AvgIpc) is 3.57. The normalized spacial score (nSPS) is 19.1. The van der Waals surface area contributed by atoms with Crippen LogP contribution in [-0.4, -0.2) is 64.6 Å². The van der Waals surface area contributed by atoms with Gasteiger partial charge in [0.1, 0.15) is 17.7 Å². The first-order valence-corrected chi connectivity index (χ1v) is 13.8. The predicted octanol–water partition coefficient (Wildman–Crippen LogP) is 4.30. The molecule has 10 heteroatoms. The van der Waals surface area contributed by atoms with Crippen molar-refractivity contribution in [2.45, 2.75) is 69.9 Å². The molecule has 1 aliphatic carbocycles. The molecule has 1 saturated heterocycles. The number of nitrogens with zero attached hydrogens (tertiary/aromatic N) is 5. The third-order valence-electron chi connectivity index (χ3n) is 6.71. The summed E-state index contributed by atoms with van der Waals surface area (Å²) in [6, 6.07) is 6.83. The third-order valence-corrected chi connectivity index (χ3v) is 8.37. The molecule has 3 heterocycles. The highest BCUT2D eigenvalue weighted by atomic mass is 32.2. The van der Waals surface area contributed by atoms with E-state index in [1.54, 1.807) is 35.4 Å². The second-order valence-corrected chi connectivity index (χ2v) is 12.7. The van der Waals surface area contributed by atoms with Crippen molar-refractivity contribution in [3.05, 3.63) is 47.9 Å². The smallest absolute Gasteiger partial charge is 0.410 e. The number of amides is 1. The molecule has 1 saturated carbocycles. The number of ether oxygens (including phenoxy) is 1. The molecule has 0 unspecified atom stereocenters. The summed E-state index contributed by atoms with van der Waals surface area (Å²) in [7, 11) is -3.83. The van der Waals surface area contributed by atoms with Crippen molar-refractivity contribution < 1.29 is 17.9 Å². The Hall–Kier alpha value is -3.14. The van der Waals surface area contributed by atoms with Crippen molar-refractivity contribution >= 4 is 33.0 Å². The van der Waals surface area contributed by atoms with Crippen molar-refractivity contribution in [1.82, 2.24) is 18.8 Å². The molecule has 9 nitrogen and oxygen atoms in total. The predicted molar refractivity (Wildman–Crippen MR) is 138 cm³/mol. The van der Waals surface area contributed by atoms with Crippen LogP contribution in [0.3, 0.4) is 0 Å². The number of hydrogen-bond donors (Lipinski definition) is 0. The Bertz CT molecular complexity index is 1400. The number of rotatable bonds is 4. The van der Waals surface area contributed by atoms with Gasteiger partial charge in [0.2, 0.25) is 0 Å². The maximum atomic E-state index is 13.6. The molecule has 3 aromatic rings. The molecule has 1 atom stereocenters. The molecule has 5 rings (SSSR count). The maximum absolute atomic E-state index is 13.6. The van der Waals surface area contributed by atoms with Crippen molar-refractivity contribution in [2.75, 3.05) is 24.5 Å². The quantitative estimate of drug-likeness (QED) is 0.515. The zero-order chi connectivity index (χ0) is 25.8. The summed E-state index contributed by atoms with van der Waals surface area (Å²) in [6.45, 7) is 11.1. The topological polar surface area (TPSA) is 97.6 Å². The Balaban J connectivity index is 1.53. The van der Waals surface area contributed by atoms with E-state index in [-0.39, 0.29) is 17.0 Å². The molecule has 0 spiro atoms. The fourth-order valence-electron chi connectivity index (χ4n) is 4.74. The number of aryl methyl sites for hydroxylation is 1. The van der Waals surface area contributed by atoms with E-state index in [4.69, 9.17) is 4.74 Å².